The van der Waals surface area contributed by atoms with Crippen LogP contribution in [0.4, 0.5) is 0 Å². The van der Waals surface area contributed by atoms with Crippen LogP contribution in [0, 0.1) is 0 Å². The summed E-state index contributed by atoms with van der Waals surface area (Å²) < 4.78 is 5.69. The first kappa shape index (κ1) is 14.0. The molecular formula is C14H23NO2. The van der Waals surface area contributed by atoms with Crippen LogP contribution >= 0.6 is 0 Å². The second-order valence-corrected chi connectivity index (χ2v) is 5.74. The number of rotatable bonds is 4. The Bertz CT molecular complexity index is 367. The van der Waals surface area contributed by atoms with Gasteiger partial charge in [0.2, 0.25) is 0 Å². The lowest BCUT2D eigenvalue weighted by Crippen LogP contribution is -2.40. The van der Waals surface area contributed by atoms with Crippen molar-refractivity contribution in [2.24, 2.45) is 5.73 Å². The summed E-state index contributed by atoms with van der Waals surface area (Å²) in [7, 11) is 0. The van der Waals surface area contributed by atoms with Gasteiger partial charge in [-0.05, 0) is 24.0 Å². The number of hydrogen-bond acceptors (Lipinski definition) is 3. The molecule has 0 bridgehead atoms. The highest BCUT2D eigenvalue weighted by molar-refractivity contribution is 5.38. The monoisotopic (exact) mass is 237 g/mol. The second kappa shape index (κ2) is 5.07. The minimum absolute atomic E-state index is 0.0190. The number of ether oxygens (including phenoxy) is 1. The van der Waals surface area contributed by atoms with Crippen molar-refractivity contribution in [3.05, 3.63) is 29.8 Å². The van der Waals surface area contributed by atoms with Gasteiger partial charge in [0.25, 0.3) is 0 Å². The molecule has 0 aliphatic heterocycles. The Morgan fingerprint density at radius 2 is 1.76 bits per heavy atom. The molecule has 3 nitrogen and oxygen atoms in total. The van der Waals surface area contributed by atoms with Gasteiger partial charge in [0, 0.05) is 6.54 Å². The maximum Gasteiger partial charge on any atom is 0.123 e. The van der Waals surface area contributed by atoms with E-state index in [1.807, 2.05) is 24.3 Å². The first-order chi connectivity index (χ1) is 7.76. The van der Waals surface area contributed by atoms with E-state index in [1.165, 1.54) is 0 Å². The van der Waals surface area contributed by atoms with Crippen molar-refractivity contribution >= 4 is 0 Å². The molecule has 1 atom stereocenters. The zero-order valence-electron chi connectivity index (χ0n) is 11.2. The number of nitrogens with two attached hydrogens (primary N) is 1. The Morgan fingerprint density at radius 1 is 1.18 bits per heavy atom. The molecular weight excluding hydrogens is 214 g/mol. The van der Waals surface area contributed by atoms with Crippen LogP contribution in [0.5, 0.6) is 5.75 Å². The SMILES string of the molecule is CC(O)(CN)COc1ccccc1C(C)(C)C. The molecule has 0 amide bonds. The van der Waals surface area contributed by atoms with Crippen LogP contribution < -0.4 is 10.5 Å². The molecule has 1 aromatic carbocycles. The molecule has 0 saturated carbocycles. The first-order valence-electron chi connectivity index (χ1n) is 5.91. The molecule has 1 rings (SSSR count). The molecule has 0 aliphatic rings. The van der Waals surface area contributed by atoms with Crippen molar-refractivity contribution in [3.8, 4) is 5.75 Å². The van der Waals surface area contributed by atoms with E-state index in [9.17, 15) is 5.11 Å². The van der Waals surface area contributed by atoms with Gasteiger partial charge in [-0.15, -0.1) is 0 Å². The number of para-hydroxylation sites is 1. The normalized spacial score (nSPS) is 15.4. The van der Waals surface area contributed by atoms with Gasteiger partial charge in [-0.1, -0.05) is 39.0 Å². The Hall–Kier alpha value is -1.06. The molecule has 3 heteroatoms. The van der Waals surface area contributed by atoms with Gasteiger partial charge < -0.3 is 15.6 Å². The Morgan fingerprint density at radius 3 is 2.29 bits per heavy atom. The minimum atomic E-state index is -0.981. The van der Waals surface area contributed by atoms with E-state index in [0.717, 1.165) is 11.3 Å². The van der Waals surface area contributed by atoms with Crippen molar-refractivity contribution in [2.75, 3.05) is 13.2 Å². The van der Waals surface area contributed by atoms with Crippen molar-refractivity contribution < 1.29 is 9.84 Å². The number of hydrogen-bond donors (Lipinski definition) is 2. The molecule has 96 valence electrons. The predicted molar refractivity (Wildman–Crippen MR) is 70.3 cm³/mol. The van der Waals surface area contributed by atoms with E-state index in [4.69, 9.17) is 10.5 Å². The summed E-state index contributed by atoms with van der Waals surface area (Å²) >= 11 is 0. The van der Waals surface area contributed by atoms with Gasteiger partial charge in [0.1, 0.15) is 18.0 Å². The number of benzene rings is 1. The number of aliphatic hydroxyl groups is 1. The third-order valence-corrected chi connectivity index (χ3v) is 2.67. The Balaban J connectivity index is 2.85. The van der Waals surface area contributed by atoms with E-state index in [2.05, 4.69) is 20.8 Å². The van der Waals surface area contributed by atoms with E-state index in [-0.39, 0.29) is 18.6 Å². The molecule has 1 unspecified atom stereocenters. The van der Waals surface area contributed by atoms with Crippen molar-refractivity contribution in [3.63, 3.8) is 0 Å². The summed E-state index contributed by atoms with van der Waals surface area (Å²) in [6.07, 6.45) is 0. The van der Waals surface area contributed by atoms with E-state index >= 15 is 0 Å². The molecule has 0 heterocycles. The fourth-order valence-corrected chi connectivity index (χ4v) is 1.50. The van der Waals surface area contributed by atoms with Gasteiger partial charge in [-0.2, -0.15) is 0 Å². The average Bonchev–Trinajstić information content (AvgIpc) is 2.26. The maximum atomic E-state index is 9.83. The zero-order chi connectivity index (χ0) is 13.1. The molecule has 0 radical (unpaired) electrons. The van der Waals surface area contributed by atoms with Crippen LogP contribution in [0.2, 0.25) is 0 Å². The predicted octanol–water partition coefficient (Wildman–Crippen LogP) is 2.07. The maximum absolute atomic E-state index is 9.83. The molecule has 0 aromatic heterocycles. The molecule has 0 aliphatic carbocycles. The summed E-state index contributed by atoms with van der Waals surface area (Å²) in [5.74, 6) is 0.814. The van der Waals surface area contributed by atoms with Crippen LogP contribution in [0.3, 0.4) is 0 Å². The minimum Gasteiger partial charge on any atom is -0.490 e. The van der Waals surface area contributed by atoms with Gasteiger partial charge >= 0.3 is 0 Å². The highest BCUT2D eigenvalue weighted by Gasteiger charge is 2.22. The first-order valence-corrected chi connectivity index (χ1v) is 5.91. The fraction of sp³-hybridized carbons (Fsp3) is 0.571. The molecule has 0 saturated heterocycles. The van der Waals surface area contributed by atoms with E-state index in [1.54, 1.807) is 6.92 Å². The zero-order valence-corrected chi connectivity index (χ0v) is 11.2. The quantitative estimate of drug-likeness (QED) is 0.843. The largest absolute Gasteiger partial charge is 0.490 e. The summed E-state index contributed by atoms with van der Waals surface area (Å²) in [4.78, 5) is 0. The van der Waals surface area contributed by atoms with Crippen LogP contribution in [-0.4, -0.2) is 23.9 Å². The van der Waals surface area contributed by atoms with Crippen molar-refractivity contribution in [1.29, 1.82) is 0 Å². The standard InChI is InChI=1S/C14H23NO2/c1-13(2,3)11-7-5-6-8-12(11)17-10-14(4,16)9-15/h5-8,16H,9-10,15H2,1-4H3. The van der Waals surface area contributed by atoms with Crippen LogP contribution in [-0.2, 0) is 5.41 Å². The summed E-state index contributed by atoms with van der Waals surface area (Å²) in [5, 5.41) is 9.83. The van der Waals surface area contributed by atoms with Gasteiger partial charge in [0.15, 0.2) is 0 Å². The Kier molecular flexibility index (Phi) is 4.17. The van der Waals surface area contributed by atoms with Gasteiger partial charge in [-0.25, -0.2) is 0 Å². The van der Waals surface area contributed by atoms with Crippen LogP contribution in [0.15, 0.2) is 24.3 Å². The highest BCUT2D eigenvalue weighted by atomic mass is 16.5. The highest BCUT2D eigenvalue weighted by Crippen LogP contribution is 2.31. The van der Waals surface area contributed by atoms with Crippen molar-refractivity contribution in [2.45, 2.75) is 38.7 Å². The molecule has 3 N–H and O–H groups in total. The average molecular weight is 237 g/mol. The summed E-state index contributed by atoms with van der Waals surface area (Å²) in [6.45, 7) is 8.47. The van der Waals surface area contributed by atoms with Gasteiger partial charge in [-0.3, -0.25) is 0 Å². The van der Waals surface area contributed by atoms with E-state index in [0.29, 0.717) is 0 Å². The molecule has 0 spiro atoms. The van der Waals surface area contributed by atoms with Crippen LogP contribution in [0.25, 0.3) is 0 Å². The summed E-state index contributed by atoms with van der Waals surface area (Å²) in [6, 6.07) is 7.90. The Labute approximate surface area is 104 Å². The lowest BCUT2D eigenvalue weighted by atomic mass is 9.86. The fourth-order valence-electron chi connectivity index (χ4n) is 1.50. The van der Waals surface area contributed by atoms with Crippen molar-refractivity contribution in [1.82, 2.24) is 0 Å². The molecule has 17 heavy (non-hydrogen) atoms. The smallest absolute Gasteiger partial charge is 0.123 e. The lowest BCUT2D eigenvalue weighted by molar-refractivity contribution is 0.0190. The lowest BCUT2D eigenvalue weighted by Gasteiger charge is -2.26. The molecule has 1 aromatic rings. The third-order valence-electron chi connectivity index (χ3n) is 2.67. The second-order valence-electron chi connectivity index (χ2n) is 5.74. The molecule has 0 fully saturated rings. The van der Waals surface area contributed by atoms with Crippen LogP contribution in [0.1, 0.15) is 33.3 Å². The van der Waals surface area contributed by atoms with E-state index < -0.39 is 5.60 Å². The topological polar surface area (TPSA) is 55.5 Å². The third kappa shape index (κ3) is 4.02. The summed E-state index contributed by atoms with van der Waals surface area (Å²) in [5.41, 5.74) is 5.63. The van der Waals surface area contributed by atoms with Gasteiger partial charge in [0.05, 0.1) is 0 Å².